The van der Waals surface area contributed by atoms with Crippen molar-refractivity contribution < 1.29 is 9.26 Å². The Labute approximate surface area is 133 Å². The number of rotatable bonds is 3. The third-order valence-corrected chi connectivity index (χ3v) is 5.45. The molecule has 4 heterocycles. The van der Waals surface area contributed by atoms with Gasteiger partial charge in [0.2, 0.25) is 0 Å². The molecule has 0 unspecified atom stereocenters. The highest BCUT2D eigenvalue weighted by molar-refractivity contribution is 7.09. The van der Waals surface area contributed by atoms with Crippen molar-refractivity contribution in [1.82, 2.24) is 20.0 Å². The van der Waals surface area contributed by atoms with Gasteiger partial charge in [-0.3, -0.25) is 4.90 Å². The minimum absolute atomic E-state index is 0.00637. The third-order valence-electron chi connectivity index (χ3n) is 4.68. The summed E-state index contributed by atoms with van der Waals surface area (Å²) in [5.41, 5.74) is 0.00637. The molecule has 2 fully saturated rings. The fourth-order valence-corrected chi connectivity index (χ4v) is 4.10. The summed E-state index contributed by atoms with van der Waals surface area (Å²) in [7, 11) is 0. The van der Waals surface area contributed by atoms with Gasteiger partial charge in [-0.2, -0.15) is 4.98 Å². The van der Waals surface area contributed by atoms with Crippen LogP contribution in [0.2, 0.25) is 0 Å². The van der Waals surface area contributed by atoms with Gasteiger partial charge in [-0.15, -0.1) is 11.3 Å². The highest BCUT2D eigenvalue weighted by Gasteiger charge is 2.44. The van der Waals surface area contributed by atoms with E-state index in [0.717, 1.165) is 45.3 Å². The summed E-state index contributed by atoms with van der Waals surface area (Å²) in [6.07, 6.45) is 6.07. The number of nitrogens with zero attached hydrogens (tertiary/aromatic N) is 4. The van der Waals surface area contributed by atoms with Crippen LogP contribution in [-0.2, 0) is 11.3 Å². The van der Waals surface area contributed by atoms with Gasteiger partial charge in [-0.1, -0.05) is 5.16 Å². The van der Waals surface area contributed by atoms with Crippen molar-refractivity contribution in [3.05, 3.63) is 28.3 Å². The summed E-state index contributed by atoms with van der Waals surface area (Å²) in [4.78, 5) is 11.2. The summed E-state index contributed by atoms with van der Waals surface area (Å²) in [5, 5.41) is 7.10. The molecule has 0 amide bonds. The molecule has 2 aromatic rings. The van der Waals surface area contributed by atoms with Gasteiger partial charge in [-0.05, 0) is 32.6 Å². The molecular weight excluding hydrogens is 300 g/mol. The zero-order valence-corrected chi connectivity index (χ0v) is 13.5. The smallest absolute Gasteiger partial charge is 0.255 e. The van der Waals surface area contributed by atoms with E-state index in [4.69, 9.17) is 9.26 Å². The number of aryl methyl sites for hydroxylation is 1. The second-order valence-corrected chi connectivity index (χ2v) is 7.19. The molecule has 0 bridgehead atoms. The molecule has 0 radical (unpaired) electrons. The van der Waals surface area contributed by atoms with Gasteiger partial charge in [0.1, 0.15) is 11.1 Å². The van der Waals surface area contributed by atoms with Crippen molar-refractivity contribution in [3.63, 3.8) is 0 Å². The van der Waals surface area contributed by atoms with Crippen molar-refractivity contribution in [2.75, 3.05) is 13.1 Å². The van der Waals surface area contributed by atoms with E-state index in [-0.39, 0.29) is 11.7 Å². The predicted octanol–water partition coefficient (Wildman–Crippen LogP) is 2.72. The maximum absolute atomic E-state index is 6.34. The molecule has 22 heavy (non-hydrogen) atoms. The number of ether oxygens (including phenoxy) is 1. The van der Waals surface area contributed by atoms with Crippen LogP contribution >= 0.6 is 11.3 Å². The molecular formula is C15H20N4O2S. The summed E-state index contributed by atoms with van der Waals surface area (Å²) in [5.74, 6) is 1.32. The average molecular weight is 320 g/mol. The van der Waals surface area contributed by atoms with Crippen molar-refractivity contribution in [3.8, 4) is 0 Å². The Kier molecular flexibility index (Phi) is 3.71. The van der Waals surface area contributed by atoms with Crippen LogP contribution in [0.1, 0.15) is 48.5 Å². The van der Waals surface area contributed by atoms with Crippen molar-refractivity contribution in [2.45, 2.75) is 50.9 Å². The Morgan fingerprint density at radius 3 is 2.91 bits per heavy atom. The Hall–Kier alpha value is -1.31. The Balaban J connectivity index is 1.35. The highest BCUT2D eigenvalue weighted by Crippen LogP contribution is 2.44. The monoisotopic (exact) mass is 320 g/mol. The Bertz CT molecular complexity index is 619. The number of piperidine rings is 1. The van der Waals surface area contributed by atoms with Crippen molar-refractivity contribution in [1.29, 1.82) is 0 Å². The lowest BCUT2D eigenvalue weighted by Crippen LogP contribution is -2.43. The molecule has 2 aliphatic rings. The average Bonchev–Trinajstić information content (AvgIpc) is 3.24. The quantitative estimate of drug-likeness (QED) is 0.866. The molecule has 0 aliphatic carbocycles. The van der Waals surface area contributed by atoms with E-state index in [0.29, 0.717) is 11.7 Å². The molecule has 0 N–H and O–H groups in total. The summed E-state index contributed by atoms with van der Waals surface area (Å²) < 4.78 is 11.6. The van der Waals surface area contributed by atoms with Crippen LogP contribution in [0.15, 0.2) is 16.1 Å². The lowest BCUT2D eigenvalue weighted by molar-refractivity contribution is -0.0869. The molecule has 1 spiro atoms. The van der Waals surface area contributed by atoms with Crippen LogP contribution in [0.5, 0.6) is 0 Å². The van der Waals surface area contributed by atoms with Crippen LogP contribution < -0.4 is 0 Å². The van der Waals surface area contributed by atoms with Gasteiger partial charge in [0.15, 0.2) is 5.82 Å². The minimum Gasteiger partial charge on any atom is -0.362 e. The maximum atomic E-state index is 6.34. The first kappa shape index (κ1) is 14.3. The van der Waals surface area contributed by atoms with E-state index in [9.17, 15) is 0 Å². The number of thiazole rings is 1. The summed E-state index contributed by atoms with van der Waals surface area (Å²) in [6, 6.07) is 0. The molecule has 118 valence electrons. The van der Waals surface area contributed by atoms with E-state index >= 15 is 0 Å². The molecule has 0 aromatic carbocycles. The van der Waals surface area contributed by atoms with Crippen molar-refractivity contribution in [2.24, 2.45) is 0 Å². The van der Waals surface area contributed by atoms with E-state index in [1.807, 2.05) is 18.5 Å². The van der Waals surface area contributed by atoms with E-state index in [1.54, 1.807) is 11.3 Å². The molecule has 1 atom stereocenters. The van der Waals surface area contributed by atoms with Crippen LogP contribution in [-0.4, -0.2) is 38.7 Å². The highest BCUT2D eigenvalue weighted by atomic mass is 32.1. The summed E-state index contributed by atoms with van der Waals surface area (Å²) in [6.45, 7) is 4.93. The van der Waals surface area contributed by atoms with E-state index in [2.05, 4.69) is 20.0 Å². The van der Waals surface area contributed by atoms with Crippen LogP contribution in [0.25, 0.3) is 0 Å². The van der Waals surface area contributed by atoms with Gasteiger partial charge >= 0.3 is 0 Å². The maximum Gasteiger partial charge on any atom is 0.255 e. The Morgan fingerprint density at radius 1 is 1.36 bits per heavy atom. The van der Waals surface area contributed by atoms with E-state index < -0.39 is 0 Å². The second kappa shape index (κ2) is 5.72. The van der Waals surface area contributed by atoms with Crippen LogP contribution in [0, 0.1) is 6.92 Å². The second-order valence-electron chi connectivity index (χ2n) is 6.21. The molecule has 0 saturated carbocycles. The van der Waals surface area contributed by atoms with Gasteiger partial charge in [0.25, 0.3) is 5.89 Å². The van der Waals surface area contributed by atoms with Crippen LogP contribution in [0.4, 0.5) is 0 Å². The first-order chi connectivity index (χ1) is 10.7. The van der Waals surface area contributed by atoms with Crippen LogP contribution in [0.3, 0.4) is 0 Å². The first-order valence-corrected chi connectivity index (χ1v) is 8.69. The zero-order chi connectivity index (χ0) is 15.0. The lowest BCUT2D eigenvalue weighted by atomic mass is 9.88. The van der Waals surface area contributed by atoms with Gasteiger partial charge in [0.05, 0.1) is 12.1 Å². The summed E-state index contributed by atoms with van der Waals surface area (Å²) >= 11 is 1.73. The lowest BCUT2D eigenvalue weighted by Gasteiger charge is -2.38. The molecule has 7 heteroatoms. The minimum atomic E-state index is -0.0216. The molecule has 6 nitrogen and oxygen atoms in total. The zero-order valence-electron chi connectivity index (χ0n) is 12.7. The topological polar surface area (TPSA) is 64.3 Å². The molecule has 4 rings (SSSR count). The Morgan fingerprint density at radius 2 is 2.23 bits per heavy atom. The number of hydrogen-bond acceptors (Lipinski definition) is 7. The van der Waals surface area contributed by atoms with E-state index in [1.165, 1.54) is 5.01 Å². The van der Waals surface area contributed by atoms with Crippen molar-refractivity contribution >= 4 is 11.3 Å². The number of aromatic nitrogens is 3. The fourth-order valence-electron chi connectivity index (χ4n) is 3.44. The molecule has 2 aliphatic heterocycles. The fraction of sp³-hybridized carbons (Fsp3) is 0.667. The largest absolute Gasteiger partial charge is 0.362 e. The number of likely N-dealkylation sites (tertiary alicyclic amines) is 1. The van der Waals surface area contributed by atoms with Gasteiger partial charge < -0.3 is 9.26 Å². The van der Waals surface area contributed by atoms with Gasteiger partial charge in [-0.25, -0.2) is 4.98 Å². The van der Waals surface area contributed by atoms with Gasteiger partial charge in [0, 0.05) is 24.7 Å². The third kappa shape index (κ3) is 2.80. The SMILES string of the molecule is Cc1noc([C@@H]2CCC3(CCN(Cc4nccs4)CC3)O2)n1. The predicted molar refractivity (Wildman–Crippen MR) is 81.5 cm³/mol. The molecule has 2 saturated heterocycles. The standard InChI is InChI=1S/C15H20N4O2S/c1-11-17-14(21-18-11)12-2-3-15(20-12)4-7-19(8-5-15)10-13-16-6-9-22-13/h6,9,12H,2-5,7-8,10H2,1H3/t12-/m0/s1. The normalized spacial score (nSPS) is 25.0. The number of hydrogen-bond donors (Lipinski definition) is 0. The first-order valence-electron chi connectivity index (χ1n) is 7.81. The molecule has 2 aromatic heterocycles.